The molecule has 3 N–H and O–H groups in total. The fraction of sp³-hybridized carbons (Fsp3) is 0.417. The van der Waals surface area contributed by atoms with Crippen LogP contribution in [0, 0.1) is 23.6 Å². The van der Waals surface area contributed by atoms with E-state index in [4.69, 9.17) is 4.98 Å². The number of carbonyl (C=O) groups is 1. The van der Waals surface area contributed by atoms with Crippen LogP contribution < -0.4 is 5.32 Å². The molecule has 9 heteroatoms. The molecule has 0 spiro atoms. The Hall–Kier alpha value is -3.49. The van der Waals surface area contributed by atoms with E-state index in [-0.39, 0.29) is 17.9 Å². The summed E-state index contributed by atoms with van der Waals surface area (Å²) in [6.07, 6.45) is 11.8. The van der Waals surface area contributed by atoms with E-state index in [1.54, 1.807) is 12.4 Å². The number of hydrogen-bond donors (Lipinski definition) is 3. The van der Waals surface area contributed by atoms with E-state index in [1.807, 2.05) is 17.8 Å². The first-order chi connectivity index (χ1) is 16.0. The molecule has 0 aromatic carbocycles. The number of aromatic amines is 1. The maximum atomic E-state index is 13.8. The van der Waals surface area contributed by atoms with Crippen LogP contribution in [0.2, 0.25) is 0 Å². The van der Waals surface area contributed by atoms with Gasteiger partial charge in [0.2, 0.25) is 0 Å². The molecule has 2 unspecified atom stereocenters. The summed E-state index contributed by atoms with van der Waals surface area (Å²) in [6.45, 7) is 0. The number of fused-ring (bicyclic) bond motifs is 4. The van der Waals surface area contributed by atoms with Crippen molar-refractivity contribution in [2.75, 3.05) is 5.32 Å². The van der Waals surface area contributed by atoms with Crippen LogP contribution in [0.4, 0.5) is 10.1 Å². The smallest absolute Gasteiger partial charge is 0.308 e. The van der Waals surface area contributed by atoms with Gasteiger partial charge in [-0.15, -0.1) is 0 Å². The van der Waals surface area contributed by atoms with E-state index in [1.165, 1.54) is 18.7 Å². The van der Waals surface area contributed by atoms with Crippen LogP contribution in [0.1, 0.15) is 32.1 Å². The molecule has 2 bridgehead atoms. The highest BCUT2D eigenvalue weighted by Gasteiger charge is 2.43. The van der Waals surface area contributed by atoms with Gasteiger partial charge in [-0.1, -0.05) is 12.8 Å². The highest BCUT2D eigenvalue weighted by Crippen LogP contribution is 2.45. The zero-order valence-corrected chi connectivity index (χ0v) is 18.3. The van der Waals surface area contributed by atoms with E-state index in [0.29, 0.717) is 28.3 Å². The van der Waals surface area contributed by atoms with Gasteiger partial charge in [0.05, 0.1) is 23.2 Å². The molecule has 4 atom stereocenters. The van der Waals surface area contributed by atoms with Gasteiger partial charge in [-0.05, 0) is 37.2 Å². The molecule has 6 rings (SSSR count). The van der Waals surface area contributed by atoms with Crippen molar-refractivity contribution in [3.05, 3.63) is 36.7 Å². The van der Waals surface area contributed by atoms with Crippen LogP contribution in [0.5, 0.6) is 0 Å². The minimum atomic E-state index is -0.711. The Morgan fingerprint density at radius 3 is 2.97 bits per heavy atom. The van der Waals surface area contributed by atoms with E-state index < -0.39 is 11.8 Å². The van der Waals surface area contributed by atoms with Crippen molar-refractivity contribution in [1.29, 1.82) is 0 Å². The molecule has 2 aliphatic rings. The number of aromatic nitrogens is 5. The number of hydrogen-bond acceptors (Lipinski definition) is 5. The quantitative estimate of drug-likeness (QED) is 0.429. The molecule has 2 aliphatic carbocycles. The topological polar surface area (TPSA) is 109 Å². The molecule has 0 radical (unpaired) electrons. The monoisotopic (exact) mass is 448 g/mol. The third kappa shape index (κ3) is 3.34. The van der Waals surface area contributed by atoms with Gasteiger partial charge in [-0.2, -0.15) is 0 Å². The van der Waals surface area contributed by atoms with Gasteiger partial charge < -0.3 is 20.0 Å². The number of carboxylic acid groups (broad SMARTS) is 1. The normalized spacial score (nSPS) is 24.9. The second kappa shape index (κ2) is 7.54. The van der Waals surface area contributed by atoms with Crippen LogP contribution in [0.25, 0.3) is 33.5 Å². The minimum Gasteiger partial charge on any atom is -0.481 e. The summed E-state index contributed by atoms with van der Waals surface area (Å²) in [5.74, 6) is -0.210. The summed E-state index contributed by atoms with van der Waals surface area (Å²) in [5, 5.41) is 15.0. The summed E-state index contributed by atoms with van der Waals surface area (Å²) < 4.78 is 15.7. The fourth-order valence-corrected chi connectivity index (χ4v) is 5.99. The summed E-state index contributed by atoms with van der Waals surface area (Å²) in [4.78, 5) is 28.5. The molecule has 2 fully saturated rings. The SMILES string of the molecule is Cn1cc(N[C@H]2CC3CCCC(C3)[C@@H]2C(=O)O)c2cnc(-c3c[nH]c4ncc(F)cc34)nc21. The number of carboxylic acids is 1. The van der Waals surface area contributed by atoms with Gasteiger partial charge in [-0.25, -0.2) is 19.3 Å². The van der Waals surface area contributed by atoms with Crippen molar-refractivity contribution < 1.29 is 14.3 Å². The van der Waals surface area contributed by atoms with Crippen molar-refractivity contribution in [2.24, 2.45) is 24.8 Å². The molecule has 33 heavy (non-hydrogen) atoms. The van der Waals surface area contributed by atoms with Crippen LogP contribution in [-0.2, 0) is 11.8 Å². The van der Waals surface area contributed by atoms with Crippen molar-refractivity contribution >= 4 is 33.7 Å². The summed E-state index contributed by atoms with van der Waals surface area (Å²) in [7, 11) is 1.91. The average Bonchev–Trinajstić information content (AvgIpc) is 3.34. The molecule has 4 aromatic heterocycles. The first kappa shape index (κ1) is 20.1. The van der Waals surface area contributed by atoms with Crippen molar-refractivity contribution in [3.63, 3.8) is 0 Å². The van der Waals surface area contributed by atoms with E-state index >= 15 is 0 Å². The zero-order valence-electron chi connectivity index (χ0n) is 18.3. The number of pyridine rings is 1. The molecular weight excluding hydrogens is 423 g/mol. The Morgan fingerprint density at radius 1 is 1.24 bits per heavy atom. The Balaban J connectivity index is 1.36. The number of H-pyrrole nitrogens is 1. The van der Waals surface area contributed by atoms with Crippen LogP contribution in [-0.4, -0.2) is 41.6 Å². The Morgan fingerprint density at radius 2 is 2.12 bits per heavy atom. The van der Waals surface area contributed by atoms with Gasteiger partial charge in [0.15, 0.2) is 5.82 Å². The molecule has 2 saturated carbocycles. The predicted molar refractivity (Wildman–Crippen MR) is 122 cm³/mol. The predicted octanol–water partition coefficient (Wildman–Crippen LogP) is 4.34. The van der Waals surface area contributed by atoms with Crippen molar-refractivity contribution in [1.82, 2.24) is 24.5 Å². The summed E-state index contributed by atoms with van der Waals surface area (Å²) in [6, 6.07) is 1.31. The molecular formula is C24H25FN6O2. The lowest BCUT2D eigenvalue weighted by Gasteiger charge is -2.43. The first-order valence-corrected chi connectivity index (χ1v) is 11.4. The standard InChI is InChI=1S/C24H25FN6O2/c1-31-11-19(29-18-6-12-3-2-4-13(5-12)20(18)24(32)33)17-10-28-22(30-23(17)31)16-9-27-21-15(16)7-14(25)8-26-21/h7-13,18,20,29H,2-6H2,1H3,(H,26,27)(H,32,33)/t12?,13?,18-,20-/m0/s1. The van der Waals surface area contributed by atoms with E-state index in [9.17, 15) is 14.3 Å². The number of nitrogens with one attached hydrogen (secondary N) is 2. The maximum Gasteiger partial charge on any atom is 0.308 e. The van der Waals surface area contributed by atoms with E-state index in [0.717, 1.165) is 42.4 Å². The lowest BCUT2D eigenvalue weighted by Crippen LogP contribution is -2.46. The van der Waals surface area contributed by atoms with E-state index in [2.05, 4.69) is 20.3 Å². The molecule has 8 nitrogen and oxygen atoms in total. The first-order valence-electron chi connectivity index (χ1n) is 11.4. The third-order valence-corrected chi connectivity index (χ3v) is 7.43. The lowest BCUT2D eigenvalue weighted by molar-refractivity contribution is -0.146. The van der Waals surface area contributed by atoms with Crippen molar-refractivity contribution in [2.45, 2.75) is 38.1 Å². The second-order valence-electron chi connectivity index (χ2n) is 9.48. The molecule has 0 saturated heterocycles. The minimum absolute atomic E-state index is 0.112. The van der Waals surface area contributed by atoms with Crippen molar-refractivity contribution in [3.8, 4) is 11.4 Å². The molecule has 0 amide bonds. The summed E-state index contributed by atoms with van der Waals surface area (Å²) in [5.41, 5.74) is 2.83. The van der Waals surface area contributed by atoms with Gasteiger partial charge in [0.25, 0.3) is 0 Å². The van der Waals surface area contributed by atoms with Gasteiger partial charge >= 0.3 is 5.97 Å². The van der Waals surface area contributed by atoms with Crippen LogP contribution in [0.15, 0.2) is 30.9 Å². The van der Waals surface area contributed by atoms with Gasteiger partial charge in [-0.3, -0.25) is 4.79 Å². The largest absolute Gasteiger partial charge is 0.481 e. The highest BCUT2D eigenvalue weighted by molar-refractivity contribution is 5.95. The number of nitrogens with zero attached hydrogens (tertiary/aromatic N) is 4. The van der Waals surface area contributed by atoms with Gasteiger partial charge in [0, 0.05) is 42.6 Å². The molecule has 4 aromatic rings. The summed E-state index contributed by atoms with van der Waals surface area (Å²) >= 11 is 0. The Labute approximate surface area is 189 Å². The number of halogens is 1. The zero-order chi connectivity index (χ0) is 22.7. The highest BCUT2D eigenvalue weighted by atomic mass is 19.1. The van der Waals surface area contributed by atoms with Gasteiger partial charge in [0.1, 0.15) is 17.1 Å². The number of aliphatic carboxylic acids is 1. The molecule has 0 aliphatic heterocycles. The van der Waals surface area contributed by atoms with Crippen LogP contribution in [0.3, 0.4) is 0 Å². The number of anilines is 1. The molecule has 4 heterocycles. The fourth-order valence-electron chi connectivity index (χ4n) is 5.99. The van der Waals surface area contributed by atoms with Crippen LogP contribution >= 0.6 is 0 Å². The average molecular weight is 449 g/mol. The second-order valence-corrected chi connectivity index (χ2v) is 9.48. The third-order valence-electron chi connectivity index (χ3n) is 7.43. The Kier molecular flexibility index (Phi) is 4.60. The Bertz CT molecular complexity index is 1380. The lowest BCUT2D eigenvalue weighted by atomic mass is 9.64. The molecule has 170 valence electrons. The maximum absolute atomic E-state index is 13.8. The number of rotatable bonds is 4. The number of aryl methyl sites for hydroxylation is 1.